The zero-order valence-corrected chi connectivity index (χ0v) is 14.2. The van der Waals surface area contributed by atoms with Crippen LogP contribution in [0.4, 0.5) is 0 Å². The summed E-state index contributed by atoms with van der Waals surface area (Å²) in [6.07, 6.45) is 3.33. The Morgan fingerprint density at radius 1 is 1.39 bits per heavy atom. The summed E-state index contributed by atoms with van der Waals surface area (Å²) in [4.78, 5) is 25.2. The molecule has 0 aromatic heterocycles. The lowest BCUT2D eigenvalue weighted by atomic mass is 10.0. The van der Waals surface area contributed by atoms with Gasteiger partial charge in [0, 0.05) is 32.5 Å². The van der Waals surface area contributed by atoms with Gasteiger partial charge in [-0.1, -0.05) is 12.1 Å². The summed E-state index contributed by atoms with van der Waals surface area (Å²) in [7, 11) is 1.68. The molecule has 1 heterocycles. The second-order valence-corrected chi connectivity index (χ2v) is 6.12. The van der Waals surface area contributed by atoms with Gasteiger partial charge in [-0.05, 0) is 43.4 Å². The fourth-order valence-electron chi connectivity index (χ4n) is 3.20. The molecule has 1 aromatic carbocycles. The topological polar surface area (TPSA) is 58.6 Å². The van der Waals surface area contributed by atoms with Crippen molar-refractivity contribution in [1.29, 1.82) is 0 Å². The van der Waals surface area contributed by atoms with Crippen molar-refractivity contribution in [3.8, 4) is 5.75 Å². The molecule has 0 radical (unpaired) electrons. The highest BCUT2D eigenvalue weighted by Crippen LogP contribution is 2.25. The van der Waals surface area contributed by atoms with Gasteiger partial charge in [-0.2, -0.15) is 0 Å². The lowest BCUT2D eigenvalue weighted by Crippen LogP contribution is -2.38. The fourth-order valence-corrected chi connectivity index (χ4v) is 3.20. The molecule has 2 amide bonds. The maximum atomic E-state index is 12.3. The van der Waals surface area contributed by atoms with Crippen molar-refractivity contribution in [2.45, 2.75) is 45.6 Å². The van der Waals surface area contributed by atoms with Gasteiger partial charge in [-0.25, -0.2) is 0 Å². The summed E-state index contributed by atoms with van der Waals surface area (Å²) in [6, 6.07) is 6.46. The Morgan fingerprint density at radius 3 is 2.83 bits per heavy atom. The summed E-state index contributed by atoms with van der Waals surface area (Å²) >= 11 is 0. The highest BCUT2D eigenvalue weighted by atomic mass is 16.5. The number of carbonyl (C=O) groups excluding carboxylic acids is 2. The molecule has 0 spiro atoms. The Kier molecular flexibility index (Phi) is 6.02. The molecule has 0 aliphatic carbocycles. The third-order valence-corrected chi connectivity index (χ3v) is 4.34. The van der Waals surface area contributed by atoms with Crippen LogP contribution in [0.2, 0.25) is 0 Å². The predicted octanol–water partition coefficient (Wildman–Crippen LogP) is 2.06. The van der Waals surface area contributed by atoms with Gasteiger partial charge >= 0.3 is 0 Å². The lowest BCUT2D eigenvalue weighted by Gasteiger charge is -2.25. The number of nitrogens with zero attached hydrogens (tertiary/aromatic N) is 1. The number of amides is 2. The minimum absolute atomic E-state index is 0.0931. The van der Waals surface area contributed by atoms with Gasteiger partial charge in [-0.15, -0.1) is 0 Å². The average molecular weight is 318 g/mol. The van der Waals surface area contributed by atoms with Crippen LogP contribution in [0.3, 0.4) is 0 Å². The Morgan fingerprint density at radius 2 is 2.17 bits per heavy atom. The van der Waals surface area contributed by atoms with E-state index < -0.39 is 0 Å². The van der Waals surface area contributed by atoms with Crippen LogP contribution >= 0.6 is 0 Å². The van der Waals surface area contributed by atoms with Gasteiger partial charge in [0.1, 0.15) is 5.75 Å². The van der Waals surface area contributed by atoms with Crippen LogP contribution in [-0.4, -0.2) is 43.0 Å². The molecule has 1 atom stereocenters. The maximum Gasteiger partial charge on any atom is 0.224 e. The van der Waals surface area contributed by atoms with Crippen LogP contribution in [0, 0.1) is 6.92 Å². The van der Waals surface area contributed by atoms with Gasteiger partial charge in [0.15, 0.2) is 0 Å². The summed E-state index contributed by atoms with van der Waals surface area (Å²) in [5.41, 5.74) is 2.35. The van der Waals surface area contributed by atoms with E-state index in [-0.39, 0.29) is 17.9 Å². The molecular formula is C18H26N2O3. The van der Waals surface area contributed by atoms with Gasteiger partial charge in [-0.3, -0.25) is 9.59 Å². The summed E-state index contributed by atoms with van der Waals surface area (Å²) in [5.74, 6) is 0.930. The number of hydrogen-bond donors (Lipinski definition) is 1. The van der Waals surface area contributed by atoms with E-state index in [1.807, 2.05) is 17.9 Å². The third-order valence-electron chi connectivity index (χ3n) is 4.34. The fraction of sp³-hybridized carbons (Fsp3) is 0.556. The minimum atomic E-state index is -0.0931. The first kappa shape index (κ1) is 17.3. The van der Waals surface area contributed by atoms with E-state index in [1.165, 1.54) is 12.5 Å². The number of nitrogens with one attached hydrogen (secondary N) is 1. The first-order valence-electron chi connectivity index (χ1n) is 8.18. The molecule has 1 saturated heterocycles. The number of aryl methyl sites for hydroxylation is 1. The van der Waals surface area contributed by atoms with Crippen molar-refractivity contribution in [1.82, 2.24) is 10.2 Å². The normalized spacial score (nSPS) is 17.2. The van der Waals surface area contributed by atoms with Crippen LogP contribution < -0.4 is 10.1 Å². The van der Waals surface area contributed by atoms with Gasteiger partial charge < -0.3 is 15.0 Å². The van der Waals surface area contributed by atoms with E-state index in [0.29, 0.717) is 13.0 Å². The molecule has 1 unspecified atom stereocenters. The first-order chi connectivity index (χ1) is 11.0. The van der Waals surface area contributed by atoms with Crippen LogP contribution in [-0.2, 0) is 16.0 Å². The molecule has 1 aliphatic heterocycles. The van der Waals surface area contributed by atoms with Crippen LogP contribution in [0.25, 0.3) is 0 Å². The van der Waals surface area contributed by atoms with E-state index in [4.69, 9.17) is 4.74 Å². The predicted molar refractivity (Wildman–Crippen MR) is 89.5 cm³/mol. The zero-order chi connectivity index (χ0) is 16.8. The largest absolute Gasteiger partial charge is 0.496 e. The molecule has 5 heteroatoms. The molecule has 126 valence electrons. The standard InChI is InChI=1S/C18H26N2O3/c1-13-11-15(6-7-17(13)23-3)12-16-5-4-10-20(16)18(22)8-9-19-14(2)21/h6-7,11,16H,4-5,8-10,12H2,1-3H3,(H,19,21). The van der Waals surface area contributed by atoms with Crippen molar-refractivity contribution >= 4 is 11.8 Å². The van der Waals surface area contributed by atoms with E-state index in [0.717, 1.165) is 37.1 Å². The minimum Gasteiger partial charge on any atom is -0.496 e. The molecule has 1 aromatic rings. The second kappa shape index (κ2) is 7.99. The monoisotopic (exact) mass is 318 g/mol. The quantitative estimate of drug-likeness (QED) is 0.873. The number of carbonyl (C=O) groups is 2. The Labute approximate surface area is 138 Å². The highest BCUT2D eigenvalue weighted by Gasteiger charge is 2.28. The van der Waals surface area contributed by atoms with Gasteiger partial charge in [0.2, 0.25) is 11.8 Å². The van der Waals surface area contributed by atoms with Crippen LogP contribution in [0.15, 0.2) is 18.2 Å². The summed E-state index contributed by atoms with van der Waals surface area (Å²) < 4.78 is 5.29. The number of ether oxygens (including phenoxy) is 1. The third kappa shape index (κ3) is 4.71. The smallest absolute Gasteiger partial charge is 0.224 e. The average Bonchev–Trinajstić information content (AvgIpc) is 2.95. The van der Waals surface area contributed by atoms with Crippen molar-refractivity contribution < 1.29 is 14.3 Å². The second-order valence-electron chi connectivity index (χ2n) is 6.12. The number of likely N-dealkylation sites (tertiary alicyclic amines) is 1. The molecule has 0 saturated carbocycles. The van der Waals surface area contributed by atoms with Crippen molar-refractivity contribution in [3.63, 3.8) is 0 Å². The SMILES string of the molecule is COc1ccc(CC2CCCN2C(=O)CCNC(C)=O)cc1C. The Balaban J connectivity index is 1.94. The molecule has 1 aliphatic rings. The van der Waals surface area contributed by atoms with E-state index in [1.54, 1.807) is 7.11 Å². The summed E-state index contributed by atoms with van der Waals surface area (Å²) in [6.45, 7) is 4.74. The molecule has 1 N–H and O–H groups in total. The number of hydrogen-bond acceptors (Lipinski definition) is 3. The van der Waals surface area contributed by atoms with E-state index >= 15 is 0 Å². The molecular weight excluding hydrogens is 292 g/mol. The van der Waals surface area contributed by atoms with Crippen LogP contribution in [0.5, 0.6) is 5.75 Å². The van der Waals surface area contributed by atoms with Gasteiger partial charge in [0.25, 0.3) is 0 Å². The lowest BCUT2D eigenvalue weighted by molar-refractivity contribution is -0.131. The molecule has 5 nitrogen and oxygen atoms in total. The van der Waals surface area contributed by atoms with Crippen LogP contribution in [0.1, 0.15) is 37.3 Å². The summed E-state index contributed by atoms with van der Waals surface area (Å²) in [5, 5.41) is 2.68. The van der Waals surface area contributed by atoms with E-state index in [2.05, 4.69) is 17.4 Å². The molecule has 23 heavy (non-hydrogen) atoms. The van der Waals surface area contributed by atoms with Crippen molar-refractivity contribution in [2.75, 3.05) is 20.2 Å². The molecule has 0 bridgehead atoms. The number of benzene rings is 1. The number of methoxy groups -OCH3 is 1. The van der Waals surface area contributed by atoms with E-state index in [9.17, 15) is 9.59 Å². The Hall–Kier alpha value is -2.04. The molecule has 1 fully saturated rings. The zero-order valence-electron chi connectivity index (χ0n) is 14.2. The highest BCUT2D eigenvalue weighted by molar-refractivity contribution is 5.78. The number of rotatable bonds is 6. The van der Waals surface area contributed by atoms with Crippen molar-refractivity contribution in [3.05, 3.63) is 29.3 Å². The Bertz CT molecular complexity index is 571. The van der Waals surface area contributed by atoms with Gasteiger partial charge in [0.05, 0.1) is 7.11 Å². The maximum absolute atomic E-state index is 12.3. The molecule has 2 rings (SSSR count). The van der Waals surface area contributed by atoms with Crippen molar-refractivity contribution in [2.24, 2.45) is 0 Å². The first-order valence-corrected chi connectivity index (χ1v) is 8.18.